The molecule has 3 rings (SSSR count). The van der Waals surface area contributed by atoms with Crippen LogP contribution in [0.15, 0.2) is 65.7 Å². The zero-order valence-electron chi connectivity index (χ0n) is 12.6. The Morgan fingerprint density at radius 3 is 2.32 bits per heavy atom. The van der Waals surface area contributed by atoms with Gasteiger partial charge in [0.1, 0.15) is 5.82 Å². The Bertz CT molecular complexity index is 799. The first-order valence-corrected chi connectivity index (χ1v) is 7.19. The molecule has 0 aliphatic rings. The second-order valence-corrected chi connectivity index (χ2v) is 5.23. The number of hydrogen-bond donors (Lipinski definition) is 0. The molecule has 0 aliphatic heterocycles. The molecule has 0 aliphatic carbocycles. The molecule has 22 heavy (non-hydrogen) atoms. The average Bonchev–Trinajstić information content (AvgIpc) is 2.82. The van der Waals surface area contributed by atoms with E-state index < -0.39 is 0 Å². The number of aliphatic imine (C=N–C) groups is 1. The number of nitrogens with zero attached hydrogens (tertiary/aromatic N) is 2. The highest BCUT2D eigenvalue weighted by atomic mass is 19.1. The van der Waals surface area contributed by atoms with Crippen molar-refractivity contribution in [1.29, 1.82) is 0 Å². The van der Waals surface area contributed by atoms with Crippen LogP contribution in [0.1, 0.15) is 17.0 Å². The van der Waals surface area contributed by atoms with Gasteiger partial charge < -0.3 is 4.57 Å². The predicted octanol–water partition coefficient (Wildman–Crippen LogP) is 4.98. The Morgan fingerprint density at radius 2 is 1.64 bits per heavy atom. The predicted molar refractivity (Wildman–Crippen MR) is 88.9 cm³/mol. The van der Waals surface area contributed by atoms with Gasteiger partial charge in [-0.25, -0.2) is 4.39 Å². The van der Waals surface area contributed by atoms with Crippen LogP contribution < -0.4 is 0 Å². The highest BCUT2D eigenvalue weighted by molar-refractivity contribution is 5.84. The fraction of sp³-hybridized carbons (Fsp3) is 0.105. The Labute approximate surface area is 129 Å². The van der Waals surface area contributed by atoms with Crippen LogP contribution in [0.4, 0.5) is 10.1 Å². The van der Waals surface area contributed by atoms with Gasteiger partial charge in [-0.05, 0) is 56.3 Å². The lowest BCUT2D eigenvalue weighted by Gasteiger charge is -2.08. The number of halogens is 1. The topological polar surface area (TPSA) is 17.3 Å². The van der Waals surface area contributed by atoms with Crippen LogP contribution in [0.3, 0.4) is 0 Å². The van der Waals surface area contributed by atoms with Crippen LogP contribution in [-0.2, 0) is 0 Å². The summed E-state index contributed by atoms with van der Waals surface area (Å²) in [6.07, 6.45) is 1.83. The molecular weight excluding hydrogens is 275 g/mol. The van der Waals surface area contributed by atoms with Gasteiger partial charge in [0.15, 0.2) is 0 Å². The third-order valence-corrected chi connectivity index (χ3v) is 3.66. The normalized spacial score (nSPS) is 11.2. The molecule has 3 aromatic rings. The van der Waals surface area contributed by atoms with Crippen molar-refractivity contribution in [2.75, 3.05) is 0 Å². The lowest BCUT2D eigenvalue weighted by molar-refractivity contribution is 0.628. The molecule has 0 amide bonds. The molecule has 3 heteroatoms. The molecule has 0 fully saturated rings. The number of aryl methyl sites for hydroxylation is 1. The van der Waals surface area contributed by atoms with Crippen LogP contribution in [-0.4, -0.2) is 10.8 Å². The second kappa shape index (κ2) is 5.98. The zero-order valence-corrected chi connectivity index (χ0v) is 12.6. The average molecular weight is 292 g/mol. The first kappa shape index (κ1) is 14.3. The third kappa shape index (κ3) is 2.84. The first-order valence-electron chi connectivity index (χ1n) is 7.19. The molecule has 2 nitrogen and oxygen atoms in total. The van der Waals surface area contributed by atoms with Crippen molar-refractivity contribution < 1.29 is 4.39 Å². The van der Waals surface area contributed by atoms with Crippen molar-refractivity contribution in [3.63, 3.8) is 0 Å². The molecule has 2 aromatic carbocycles. The second-order valence-electron chi connectivity index (χ2n) is 5.23. The van der Waals surface area contributed by atoms with E-state index in [1.165, 1.54) is 12.1 Å². The fourth-order valence-corrected chi connectivity index (χ4v) is 2.56. The van der Waals surface area contributed by atoms with Crippen molar-refractivity contribution in [2.24, 2.45) is 4.99 Å². The van der Waals surface area contributed by atoms with Crippen LogP contribution in [0, 0.1) is 19.7 Å². The fourth-order valence-electron chi connectivity index (χ4n) is 2.56. The molecule has 1 heterocycles. The quantitative estimate of drug-likeness (QED) is 0.605. The van der Waals surface area contributed by atoms with Gasteiger partial charge in [0, 0.05) is 28.9 Å². The van der Waals surface area contributed by atoms with E-state index >= 15 is 0 Å². The molecule has 0 N–H and O–H groups in total. The van der Waals surface area contributed by atoms with Gasteiger partial charge in [-0.2, -0.15) is 0 Å². The van der Waals surface area contributed by atoms with Gasteiger partial charge in [0.05, 0.1) is 5.69 Å². The summed E-state index contributed by atoms with van der Waals surface area (Å²) in [4.78, 5) is 4.42. The van der Waals surface area contributed by atoms with E-state index in [-0.39, 0.29) is 5.82 Å². The van der Waals surface area contributed by atoms with E-state index in [1.54, 1.807) is 12.1 Å². The Hall–Kier alpha value is -2.68. The van der Waals surface area contributed by atoms with E-state index in [4.69, 9.17) is 0 Å². The number of hydrogen-bond acceptors (Lipinski definition) is 1. The van der Waals surface area contributed by atoms with E-state index in [1.807, 2.05) is 24.4 Å². The summed E-state index contributed by atoms with van der Waals surface area (Å²) < 4.78 is 15.1. The smallest absolute Gasteiger partial charge is 0.123 e. The van der Waals surface area contributed by atoms with Crippen molar-refractivity contribution >= 4 is 11.9 Å². The molecule has 0 spiro atoms. The summed E-state index contributed by atoms with van der Waals surface area (Å²) in [6.45, 7) is 4.15. The number of rotatable bonds is 3. The third-order valence-electron chi connectivity index (χ3n) is 3.66. The molecule has 0 bridgehead atoms. The van der Waals surface area contributed by atoms with Gasteiger partial charge in [0.25, 0.3) is 0 Å². The van der Waals surface area contributed by atoms with Crippen LogP contribution in [0.2, 0.25) is 0 Å². The minimum atomic E-state index is -0.249. The molecule has 0 atom stereocenters. The van der Waals surface area contributed by atoms with E-state index in [0.717, 1.165) is 28.3 Å². The van der Waals surface area contributed by atoms with Crippen molar-refractivity contribution in [3.05, 3.63) is 83.4 Å². The van der Waals surface area contributed by atoms with Crippen LogP contribution in [0.25, 0.3) is 5.69 Å². The maximum Gasteiger partial charge on any atom is 0.123 e. The molecule has 0 saturated carbocycles. The number of benzene rings is 2. The largest absolute Gasteiger partial charge is 0.318 e. The van der Waals surface area contributed by atoms with Gasteiger partial charge in [0.2, 0.25) is 0 Å². The minimum absolute atomic E-state index is 0.249. The van der Waals surface area contributed by atoms with Crippen LogP contribution >= 0.6 is 0 Å². The molecule has 110 valence electrons. The highest BCUT2D eigenvalue weighted by Crippen LogP contribution is 2.20. The summed E-state index contributed by atoms with van der Waals surface area (Å²) in [5.74, 6) is -0.249. The summed E-state index contributed by atoms with van der Waals surface area (Å²) in [7, 11) is 0. The SMILES string of the molecule is Cc1cc(C=Nc2ccc(F)cc2)c(C)n1-c1ccccc1. The van der Waals surface area contributed by atoms with Gasteiger partial charge in [-0.1, -0.05) is 18.2 Å². The lowest BCUT2D eigenvalue weighted by Crippen LogP contribution is -1.98. The Balaban J connectivity index is 1.94. The number of para-hydroxylation sites is 1. The summed E-state index contributed by atoms with van der Waals surface area (Å²) >= 11 is 0. The maximum absolute atomic E-state index is 12.9. The summed E-state index contributed by atoms with van der Waals surface area (Å²) in [5.41, 5.74) is 5.23. The van der Waals surface area contributed by atoms with Gasteiger partial charge in [-0.3, -0.25) is 4.99 Å². The van der Waals surface area contributed by atoms with Gasteiger partial charge in [-0.15, -0.1) is 0 Å². The molecule has 0 radical (unpaired) electrons. The van der Waals surface area contributed by atoms with E-state index in [2.05, 4.69) is 41.6 Å². The van der Waals surface area contributed by atoms with Crippen molar-refractivity contribution in [1.82, 2.24) is 4.57 Å². The van der Waals surface area contributed by atoms with Crippen LogP contribution in [0.5, 0.6) is 0 Å². The summed E-state index contributed by atoms with van der Waals surface area (Å²) in [5, 5.41) is 0. The summed E-state index contributed by atoms with van der Waals surface area (Å²) in [6, 6.07) is 18.5. The first-order chi connectivity index (χ1) is 10.6. The zero-order chi connectivity index (χ0) is 15.5. The molecule has 0 unspecified atom stereocenters. The van der Waals surface area contributed by atoms with Crippen molar-refractivity contribution in [2.45, 2.75) is 13.8 Å². The van der Waals surface area contributed by atoms with E-state index in [9.17, 15) is 4.39 Å². The maximum atomic E-state index is 12.9. The standard InChI is InChI=1S/C19H17FN2/c1-14-12-16(13-21-18-10-8-17(20)9-11-18)15(2)22(14)19-6-4-3-5-7-19/h3-13H,1-2H3. The van der Waals surface area contributed by atoms with Crippen molar-refractivity contribution in [3.8, 4) is 5.69 Å². The monoisotopic (exact) mass is 292 g/mol. The minimum Gasteiger partial charge on any atom is -0.318 e. The molecular formula is C19H17FN2. The number of aromatic nitrogens is 1. The van der Waals surface area contributed by atoms with Gasteiger partial charge >= 0.3 is 0 Å². The lowest BCUT2D eigenvalue weighted by atomic mass is 10.2. The Kier molecular flexibility index (Phi) is 3.88. The molecule has 1 aromatic heterocycles. The molecule has 0 saturated heterocycles. The Morgan fingerprint density at radius 1 is 0.955 bits per heavy atom. The highest BCUT2D eigenvalue weighted by Gasteiger charge is 2.08. The van der Waals surface area contributed by atoms with E-state index in [0.29, 0.717) is 0 Å².